The van der Waals surface area contributed by atoms with Crippen molar-refractivity contribution in [2.24, 2.45) is 5.92 Å². The first-order valence-corrected chi connectivity index (χ1v) is 8.16. The highest BCUT2D eigenvalue weighted by atomic mass is 32.2. The van der Waals surface area contributed by atoms with Gasteiger partial charge in [-0.1, -0.05) is 13.3 Å². The SMILES string of the molecule is CCC1CCCNC1CNC(=O)CS(C)(=O)=O. The van der Waals surface area contributed by atoms with E-state index in [0.717, 1.165) is 19.2 Å². The van der Waals surface area contributed by atoms with Crippen molar-refractivity contribution in [3.63, 3.8) is 0 Å². The zero-order valence-electron chi connectivity index (χ0n) is 10.5. The summed E-state index contributed by atoms with van der Waals surface area (Å²) in [4.78, 5) is 11.4. The van der Waals surface area contributed by atoms with Crippen LogP contribution < -0.4 is 10.6 Å². The summed E-state index contributed by atoms with van der Waals surface area (Å²) in [7, 11) is -3.23. The lowest BCUT2D eigenvalue weighted by Crippen LogP contribution is -2.49. The van der Waals surface area contributed by atoms with Crippen molar-refractivity contribution in [1.29, 1.82) is 0 Å². The highest BCUT2D eigenvalue weighted by molar-refractivity contribution is 7.91. The summed E-state index contributed by atoms with van der Waals surface area (Å²) in [5.41, 5.74) is 0. The van der Waals surface area contributed by atoms with E-state index in [1.54, 1.807) is 0 Å². The summed E-state index contributed by atoms with van der Waals surface area (Å²) in [5, 5.41) is 6.07. The first-order valence-electron chi connectivity index (χ1n) is 6.10. The van der Waals surface area contributed by atoms with E-state index in [1.165, 1.54) is 12.8 Å². The molecule has 0 aromatic rings. The van der Waals surface area contributed by atoms with Crippen LogP contribution >= 0.6 is 0 Å². The predicted molar refractivity (Wildman–Crippen MR) is 67.5 cm³/mol. The number of carbonyl (C=O) groups excluding carboxylic acids is 1. The molecule has 1 aliphatic rings. The predicted octanol–water partition coefficient (Wildman–Crippen LogP) is -0.0746. The van der Waals surface area contributed by atoms with Gasteiger partial charge in [-0.15, -0.1) is 0 Å². The average molecular weight is 262 g/mol. The lowest BCUT2D eigenvalue weighted by molar-refractivity contribution is -0.118. The molecule has 1 heterocycles. The molecule has 2 unspecified atom stereocenters. The zero-order valence-corrected chi connectivity index (χ0v) is 11.3. The highest BCUT2D eigenvalue weighted by Crippen LogP contribution is 2.19. The van der Waals surface area contributed by atoms with Crippen molar-refractivity contribution in [2.45, 2.75) is 32.2 Å². The zero-order chi connectivity index (χ0) is 12.9. The van der Waals surface area contributed by atoms with E-state index in [1.807, 2.05) is 0 Å². The largest absolute Gasteiger partial charge is 0.354 e. The molecular weight excluding hydrogens is 240 g/mol. The highest BCUT2D eigenvalue weighted by Gasteiger charge is 2.23. The van der Waals surface area contributed by atoms with E-state index in [9.17, 15) is 13.2 Å². The molecule has 1 amide bonds. The summed E-state index contributed by atoms with van der Waals surface area (Å²) in [6.45, 7) is 3.64. The Hall–Kier alpha value is -0.620. The summed E-state index contributed by atoms with van der Waals surface area (Å²) < 4.78 is 21.9. The van der Waals surface area contributed by atoms with Crippen LogP contribution in [0.4, 0.5) is 0 Å². The van der Waals surface area contributed by atoms with Gasteiger partial charge in [-0.3, -0.25) is 4.79 Å². The molecule has 0 aliphatic carbocycles. The van der Waals surface area contributed by atoms with E-state index in [2.05, 4.69) is 17.6 Å². The van der Waals surface area contributed by atoms with Crippen LogP contribution in [0.3, 0.4) is 0 Å². The minimum atomic E-state index is -3.23. The fraction of sp³-hybridized carbons (Fsp3) is 0.909. The van der Waals surface area contributed by atoms with Crippen molar-refractivity contribution in [3.05, 3.63) is 0 Å². The van der Waals surface area contributed by atoms with E-state index >= 15 is 0 Å². The Bertz CT molecular complexity index is 354. The van der Waals surface area contributed by atoms with Crippen molar-refractivity contribution in [1.82, 2.24) is 10.6 Å². The topological polar surface area (TPSA) is 75.3 Å². The maximum absolute atomic E-state index is 11.4. The number of nitrogens with one attached hydrogen (secondary N) is 2. The molecule has 0 radical (unpaired) electrons. The van der Waals surface area contributed by atoms with Gasteiger partial charge in [0, 0.05) is 18.8 Å². The Morgan fingerprint density at radius 1 is 1.47 bits per heavy atom. The normalized spacial score (nSPS) is 25.5. The Morgan fingerprint density at radius 2 is 2.18 bits per heavy atom. The van der Waals surface area contributed by atoms with Gasteiger partial charge in [0.1, 0.15) is 5.75 Å². The molecule has 0 bridgehead atoms. The third-order valence-electron chi connectivity index (χ3n) is 3.16. The van der Waals surface area contributed by atoms with Crippen LogP contribution in [0, 0.1) is 5.92 Å². The third kappa shape index (κ3) is 5.50. The Labute approximate surface area is 103 Å². The molecule has 17 heavy (non-hydrogen) atoms. The van der Waals surface area contributed by atoms with Crippen LogP contribution in [0.2, 0.25) is 0 Å². The number of carbonyl (C=O) groups is 1. The van der Waals surface area contributed by atoms with Gasteiger partial charge in [-0.05, 0) is 25.3 Å². The monoisotopic (exact) mass is 262 g/mol. The van der Waals surface area contributed by atoms with E-state index in [4.69, 9.17) is 0 Å². The molecular formula is C11H22N2O3S. The smallest absolute Gasteiger partial charge is 0.235 e. The Kier molecular flexibility index (Phi) is 5.39. The van der Waals surface area contributed by atoms with Crippen LogP contribution in [0.15, 0.2) is 0 Å². The second-order valence-electron chi connectivity index (χ2n) is 4.75. The molecule has 0 aromatic carbocycles. The molecule has 1 aliphatic heterocycles. The van der Waals surface area contributed by atoms with Crippen molar-refractivity contribution < 1.29 is 13.2 Å². The van der Waals surface area contributed by atoms with Crippen molar-refractivity contribution in [2.75, 3.05) is 25.1 Å². The van der Waals surface area contributed by atoms with Gasteiger partial charge in [0.2, 0.25) is 5.91 Å². The van der Waals surface area contributed by atoms with Gasteiger partial charge < -0.3 is 10.6 Å². The molecule has 2 atom stereocenters. The lowest BCUT2D eigenvalue weighted by atomic mass is 9.89. The molecule has 0 aromatic heterocycles. The van der Waals surface area contributed by atoms with E-state index in [-0.39, 0.29) is 6.04 Å². The molecule has 2 N–H and O–H groups in total. The number of rotatable bonds is 5. The molecule has 1 fully saturated rings. The minimum Gasteiger partial charge on any atom is -0.354 e. The van der Waals surface area contributed by atoms with Crippen molar-refractivity contribution >= 4 is 15.7 Å². The van der Waals surface area contributed by atoms with Gasteiger partial charge in [-0.25, -0.2) is 8.42 Å². The summed E-state index contributed by atoms with van der Waals surface area (Å²) >= 11 is 0. The molecule has 0 saturated carbocycles. The lowest BCUT2D eigenvalue weighted by Gasteiger charge is -2.32. The molecule has 0 spiro atoms. The van der Waals surface area contributed by atoms with Crippen LogP contribution in [0.1, 0.15) is 26.2 Å². The van der Waals surface area contributed by atoms with Crippen LogP contribution in [0.5, 0.6) is 0 Å². The standard InChI is InChI=1S/C11H22N2O3S/c1-3-9-5-4-6-12-10(9)7-13-11(14)8-17(2,15)16/h9-10,12H,3-8H2,1-2H3,(H,13,14). The van der Waals surface area contributed by atoms with Gasteiger partial charge in [0.05, 0.1) is 0 Å². The summed E-state index contributed by atoms with van der Waals surface area (Å²) in [6.07, 6.45) is 4.50. The van der Waals surface area contributed by atoms with Crippen LogP contribution in [-0.4, -0.2) is 45.5 Å². The number of piperidine rings is 1. The first kappa shape index (κ1) is 14.4. The van der Waals surface area contributed by atoms with Gasteiger partial charge in [0.15, 0.2) is 9.84 Å². The molecule has 5 nitrogen and oxygen atoms in total. The molecule has 1 saturated heterocycles. The Balaban J connectivity index is 2.36. The van der Waals surface area contributed by atoms with Crippen LogP contribution in [-0.2, 0) is 14.6 Å². The van der Waals surface area contributed by atoms with Gasteiger partial charge in [0.25, 0.3) is 0 Å². The van der Waals surface area contributed by atoms with Crippen LogP contribution in [0.25, 0.3) is 0 Å². The van der Waals surface area contributed by atoms with Gasteiger partial charge >= 0.3 is 0 Å². The average Bonchev–Trinajstić information content (AvgIpc) is 2.24. The summed E-state index contributed by atoms with van der Waals surface area (Å²) in [6, 6.07) is 0.275. The second-order valence-corrected chi connectivity index (χ2v) is 6.89. The number of sulfone groups is 1. The summed E-state index contributed by atoms with van der Waals surface area (Å²) in [5.74, 6) is -0.256. The number of hydrogen-bond donors (Lipinski definition) is 2. The molecule has 1 rings (SSSR count). The fourth-order valence-electron chi connectivity index (χ4n) is 2.26. The maximum Gasteiger partial charge on any atom is 0.235 e. The van der Waals surface area contributed by atoms with E-state index < -0.39 is 21.5 Å². The third-order valence-corrected chi connectivity index (χ3v) is 3.95. The second kappa shape index (κ2) is 6.35. The Morgan fingerprint density at radius 3 is 2.76 bits per heavy atom. The molecule has 6 heteroatoms. The number of hydrogen-bond acceptors (Lipinski definition) is 4. The van der Waals surface area contributed by atoms with E-state index in [0.29, 0.717) is 12.5 Å². The quantitative estimate of drug-likeness (QED) is 0.727. The van der Waals surface area contributed by atoms with Gasteiger partial charge in [-0.2, -0.15) is 0 Å². The first-order chi connectivity index (χ1) is 7.92. The minimum absolute atomic E-state index is 0.275. The van der Waals surface area contributed by atoms with Crippen molar-refractivity contribution in [3.8, 4) is 0 Å². The molecule has 100 valence electrons. The number of amides is 1. The fourth-order valence-corrected chi connectivity index (χ4v) is 2.84. The maximum atomic E-state index is 11.4.